The number of aliphatic carboxylic acids is 1. The van der Waals surface area contributed by atoms with Crippen molar-refractivity contribution in [2.45, 2.75) is 56.0 Å². The summed E-state index contributed by atoms with van der Waals surface area (Å²) in [5, 5.41) is 39.7. The summed E-state index contributed by atoms with van der Waals surface area (Å²) in [7, 11) is 0. The molecule has 1 fully saturated rings. The topological polar surface area (TPSA) is 145 Å². The first-order valence-electron chi connectivity index (χ1n) is 6.87. The number of carboxylic acids is 1. The van der Waals surface area contributed by atoms with E-state index in [1.165, 1.54) is 0 Å². The molecule has 1 unspecified atom stereocenters. The molecule has 0 aromatic rings. The predicted molar refractivity (Wildman–Crippen MR) is 70.1 cm³/mol. The van der Waals surface area contributed by atoms with Gasteiger partial charge >= 0.3 is 5.97 Å². The monoisotopic (exact) mass is 310 g/mol. The Kier molecular flexibility index (Phi) is 7.43. The van der Waals surface area contributed by atoms with Gasteiger partial charge in [-0.05, 0) is 19.4 Å². The van der Waals surface area contributed by atoms with Crippen molar-refractivity contribution in [3.63, 3.8) is 0 Å². The maximum atomic E-state index is 13.9. The van der Waals surface area contributed by atoms with Crippen LogP contribution in [-0.2, 0) is 9.53 Å². The van der Waals surface area contributed by atoms with Gasteiger partial charge in [-0.25, -0.2) is 4.39 Å². The fraction of sp³-hybridized carbons (Fsp3) is 0.917. The van der Waals surface area contributed by atoms with Gasteiger partial charge in [0.1, 0.15) is 30.6 Å². The highest BCUT2D eigenvalue weighted by molar-refractivity contribution is 5.73. The maximum Gasteiger partial charge on any atom is 0.320 e. The van der Waals surface area contributed by atoms with Gasteiger partial charge in [0.05, 0.1) is 6.61 Å². The van der Waals surface area contributed by atoms with Gasteiger partial charge in [0.15, 0.2) is 6.17 Å². The molecule has 1 aliphatic heterocycles. The molecular formula is C12H23FN2O6. The zero-order valence-corrected chi connectivity index (χ0v) is 11.6. The van der Waals surface area contributed by atoms with E-state index in [9.17, 15) is 19.4 Å². The number of aliphatic hydroxyl groups excluding tert-OH is 3. The molecule has 7 N–H and O–H groups in total. The van der Waals surface area contributed by atoms with Gasteiger partial charge < -0.3 is 30.9 Å². The maximum absolute atomic E-state index is 13.9. The SMILES string of the molecule is NCCCC[C@H](NC1O[C@H](CO)[C@H](O)[C@H](O)[C@H]1F)C(=O)O. The third-order valence-corrected chi connectivity index (χ3v) is 3.46. The summed E-state index contributed by atoms with van der Waals surface area (Å²) in [6, 6.07) is -1.07. The van der Waals surface area contributed by atoms with Crippen molar-refractivity contribution in [3.05, 3.63) is 0 Å². The first kappa shape index (κ1) is 18.2. The first-order chi connectivity index (χ1) is 9.92. The fourth-order valence-electron chi connectivity index (χ4n) is 2.18. The fourth-order valence-corrected chi connectivity index (χ4v) is 2.18. The third-order valence-electron chi connectivity index (χ3n) is 3.46. The second-order valence-electron chi connectivity index (χ2n) is 5.05. The van der Waals surface area contributed by atoms with Gasteiger partial charge in [-0.3, -0.25) is 10.1 Å². The third kappa shape index (κ3) is 4.83. The molecule has 0 bridgehead atoms. The van der Waals surface area contributed by atoms with Crippen LogP contribution in [0.4, 0.5) is 4.39 Å². The zero-order valence-electron chi connectivity index (χ0n) is 11.6. The lowest BCUT2D eigenvalue weighted by Gasteiger charge is -2.40. The van der Waals surface area contributed by atoms with E-state index in [2.05, 4.69) is 5.32 Å². The average molecular weight is 310 g/mol. The van der Waals surface area contributed by atoms with Gasteiger partial charge in [-0.15, -0.1) is 0 Å². The normalized spacial score (nSPS) is 34.6. The summed E-state index contributed by atoms with van der Waals surface area (Å²) in [6.45, 7) is -0.191. The summed E-state index contributed by atoms with van der Waals surface area (Å²) in [5.41, 5.74) is 5.33. The Morgan fingerprint density at radius 3 is 2.52 bits per heavy atom. The van der Waals surface area contributed by atoms with Crippen molar-refractivity contribution in [1.29, 1.82) is 0 Å². The van der Waals surface area contributed by atoms with E-state index in [0.717, 1.165) is 0 Å². The van der Waals surface area contributed by atoms with Crippen LogP contribution in [-0.4, -0.2) is 76.3 Å². The van der Waals surface area contributed by atoms with Crippen LogP contribution < -0.4 is 11.1 Å². The highest BCUT2D eigenvalue weighted by Gasteiger charge is 2.45. The minimum absolute atomic E-state index is 0.224. The smallest absolute Gasteiger partial charge is 0.320 e. The van der Waals surface area contributed by atoms with Crippen LogP contribution in [0, 0.1) is 0 Å². The number of hydrogen-bond acceptors (Lipinski definition) is 7. The second kappa shape index (κ2) is 8.57. The Bertz CT molecular complexity index is 333. The predicted octanol–water partition coefficient (Wildman–Crippen LogP) is -2.06. The number of nitrogens with one attached hydrogen (secondary N) is 1. The molecule has 0 radical (unpaired) electrons. The molecule has 124 valence electrons. The minimum Gasteiger partial charge on any atom is -0.480 e. The lowest BCUT2D eigenvalue weighted by atomic mass is 9.98. The summed E-state index contributed by atoms with van der Waals surface area (Å²) in [6.07, 6.45) is -6.52. The molecule has 21 heavy (non-hydrogen) atoms. The van der Waals surface area contributed by atoms with Crippen molar-refractivity contribution in [2.24, 2.45) is 5.73 Å². The number of hydrogen-bond donors (Lipinski definition) is 6. The van der Waals surface area contributed by atoms with Crippen molar-refractivity contribution < 1.29 is 34.3 Å². The molecule has 0 aliphatic carbocycles. The van der Waals surface area contributed by atoms with Crippen molar-refractivity contribution in [1.82, 2.24) is 5.32 Å². The van der Waals surface area contributed by atoms with E-state index in [-0.39, 0.29) is 6.42 Å². The summed E-state index contributed by atoms with van der Waals surface area (Å²) < 4.78 is 19.0. The molecule has 9 heteroatoms. The van der Waals surface area contributed by atoms with Crippen LogP contribution in [0.15, 0.2) is 0 Å². The summed E-state index contributed by atoms with van der Waals surface area (Å²) in [5.74, 6) is -1.18. The van der Waals surface area contributed by atoms with E-state index < -0.39 is 49.3 Å². The molecule has 0 aromatic carbocycles. The van der Waals surface area contributed by atoms with Crippen molar-refractivity contribution in [3.8, 4) is 0 Å². The standard InChI is InChI=1S/C12H23FN2O6/c13-8-10(18)9(17)7(5-16)21-11(8)15-6(12(19)20)3-1-2-4-14/h6-11,15-18H,1-5,14H2,(H,19,20)/t6-,7+,8+,9-,10+,11?/m0/s1. The number of unbranched alkanes of at least 4 members (excludes halogenated alkanes) is 1. The van der Waals surface area contributed by atoms with Gasteiger partial charge in [0.25, 0.3) is 0 Å². The number of carbonyl (C=O) groups is 1. The molecule has 8 nitrogen and oxygen atoms in total. The second-order valence-corrected chi connectivity index (χ2v) is 5.05. The van der Waals surface area contributed by atoms with Gasteiger partial charge in [-0.2, -0.15) is 0 Å². The zero-order chi connectivity index (χ0) is 16.0. The van der Waals surface area contributed by atoms with Crippen LogP contribution in [0.2, 0.25) is 0 Å². The van der Waals surface area contributed by atoms with Crippen LogP contribution in [0.1, 0.15) is 19.3 Å². The van der Waals surface area contributed by atoms with Crippen molar-refractivity contribution in [2.75, 3.05) is 13.2 Å². The molecule has 1 heterocycles. The molecule has 1 rings (SSSR count). The van der Waals surface area contributed by atoms with Crippen LogP contribution in [0.3, 0.4) is 0 Å². The van der Waals surface area contributed by atoms with Gasteiger partial charge in [0, 0.05) is 0 Å². The minimum atomic E-state index is -2.00. The van der Waals surface area contributed by atoms with E-state index in [1.54, 1.807) is 0 Å². The van der Waals surface area contributed by atoms with Crippen LogP contribution in [0.25, 0.3) is 0 Å². The molecule has 0 spiro atoms. The molecule has 1 aliphatic rings. The number of nitrogens with two attached hydrogens (primary N) is 1. The molecule has 0 amide bonds. The Balaban J connectivity index is 2.66. The largest absolute Gasteiger partial charge is 0.480 e. The van der Waals surface area contributed by atoms with Crippen LogP contribution >= 0.6 is 0 Å². The molecule has 0 saturated carbocycles. The highest BCUT2D eigenvalue weighted by Crippen LogP contribution is 2.23. The number of halogens is 1. The van der Waals surface area contributed by atoms with Crippen molar-refractivity contribution >= 4 is 5.97 Å². The number of alkyl halides is 1. The molecule has 1 saturated heterocycles. The van der Waals surface area contributed by atoms with E-state index in [0.29, 0.717) is 19.4 Å². The lowest BCUT2D eigenvalue weighted by Crippen LogP contribution is -2.63. The molecular weight excluding hydrogens is 287 g/mol. The lowest BCUT2D eigenvalue weighted by molar-refractivity contribution is -0.222. The Morgan fingerprint density at radius 1 is 1.33 bits per heavy atom. The Morgan fingerprint density at radius 2 is 2.00 bits per heavy atom. The summed E-state index contributed by atoms with van der Waals surface area (Å²) in [4.78, 5) is 11.1. The number of rotatable bonds is 8. The number of ether oxygens (including phenoxy) is 1. The first-order valence-corrected chi connectivity index (χ1v) is 6.87. The van der Waals surface area contributed by atoms with Gasteiger partial charge in [-0.1, -0.05) is 6.42 Å². The summed E-state index contributed by atoms with van der Waals surface area (Å²) >= 11 is 0. The highest BCUT2D eigenvalue weighted by atomic mass is 19.1. The number of carboxylic acid groups (broad SMARTS) is 1. The quantitative estimate of drug-likeness (QED) is 0.281. The van der Waals surface area contributed by atoms with Gasteiger partial charge in [0.2, 0.25) is 0 Å². The van der Waals surface area contributed by atoms with E-state index >= 15 is 0 Å². The van der Waals surface area contributed by atoms with Crippen LogP contribution in [0.5, 0.6) is 0 Å². The molecule has 6 atom stereocenters. The average Bonchev–Trinajstić information content (AvgIpc) is 2.46. The van der Waals surface area contributed by atoms with E-state index in [4.69, 9.17) is 20.7 Å². The molecule has 0 aromatic heterocycles. The van der Waals surface area contributed by atoms with E-state index in [1.807, 2.05) is 0 Å². The number of aliphatic hydroxyl groups is 3. The Hall–Kier alpha value is -0.840. The Labute approximate surface area is 121 Å².